The Hall–Kier alpha value is -0.570. The van der Waals surface area contributed by atoms with E-state index in [1.165, 1.54) is 38.5 Å². The lowest BCUT2D eigenvalue weighted by Gasteiger charge is -2.39. The zero-order chi connectivity index (χ0) is 13.8. The molecule has 1 heterocycles. The van der Waals surface area contributed by atoms with Crippen LogP contribution in [0.4, 0.5) is 0 Å². The summed E-state index contributed by atoms with van der Waals surface area (Å²) in [6.45, 7) is 5.64. The van der Waals surface area contributed by atoms with Crippen molar-refractivity contribution in [3.8, 4) is 0 Å². The second kappa shape index (κ2) is 6.74. The number of hydrogen-bond donors (Lipinski definition) is 1. The van der Waals surface area contributed by atoms with Gasteiger partial charge in [0, 0.05) is 6.04 Å². The first kappa shape index (κ1) is 14.8. The highest BCUT2D eigenvalue weighted by atomic mass is 16.4. The summed E-state index contributed by atoms with van der Waals surface area (Å²) in [6, 6.07) is 0.305. The Labute approximate surface area is 117 Å². The normalized spacial score (nSPS) is 34.2. The Morgan fingerprint density at radius 1 is 1.05 bits per heavy atom. The molecule has 3 unspecified atom stereocenters. The molecule has 1 aliphatic heterocycles. The van der Waals surface area contributed by atoms with Gasteiger partial charge in [0.25, 0.3) is 0 Å². The molecule has 2 fully saturated rings. The summed E-state index contributed by atoms with van der Waals surface area (Å²) < 4.78 is 0. The molecule has 1 saturated heterocycles. The smallest absolute Gasteiger partial charge is 0.320 e. The number of piperidine rings is 1. The van der Waals surface area contributed by atoms with Crippen LogP contribution in [0.25, 0.3) is 0 Å². The van der Waals surface area contributed by atoms with Gasteiger partial charge in [-0.25, -0.2) is 0 Å². The molecule has 0 spiro atoms. The number of hydrogen-bond acceptors (Lipinski definition) is 2. The third-order valence-electron chi connectivity index (χ3n) is 5.22. The molecule has 0 bridgehead atoms. The van der Waals surface area contributed by atoms with Gasteiger partial charge >= 0.3 is 5.97 Å². The molecular formula is C16H29NO2. The standard InChI is InChI=1S/C16H29NO2/c1-12(2)13-6-5-7-14(10-9-13)17-11-4-3-8-15(17)16(18)19/h12-15H,3-11H2,1-2H3,(H,18,19). The fourth-order valence-electron chi connectivity index (χ4n) is 3.97. The number of carboxylic acids is 1. The first-order chi connectivity index (χ1) is 9.09. The first-order valence-electron chi connectivity index (χ1n) is 8.08. The third kappa shape index (κ3) is 3.71. The number of nitrogens with zero attached hydrogens (tertiary/aromatic N) is 1. The van der Waals surface area contributed by atoms with Gasteiger partial charge in [0.1, 0.15) is 6.04 Å². The van der Waals surface area contributed by atoms with Gasteiger partial charge in [0.05, 0.1) is 0 Å². The summed E-state index contributed by atoms with van der Waals surface area (Å²) in [7, 11) is 0. The number of carbonyl (C=O) groups is 1. The molecule has 1 N–H and O–H groups in total. The number of likely N-dealkylation sites (tertiary alicyclic amines) is 1. The number of aliphatic carboxylic acids is 1. The van der Waals surface area contributed by atoms with Crippen molar-refractivity contribution in [1.29, 1.82) is 0 Å². The van der Waals surface area contributed by atoms with Gasteiger partial charge in [-0.05, 0) is 50.5 Å². The van der Waals surface area contributed by atoms with E-state index in [9.17, 15) is 9.90 Å². The van der Waals surface area contributed by atoms with Crippen LogP contribution in [-0.4, -0.2) is 34.6 Å². The molecule has 0 amide bonds. The summed E-state index contributed by atoms with van der Waals surface area (Å²) >= 11 is 0. The van der Waals surface area contributed by atoms with Gasteiger partial charge in [0.2, 0.25) is 0 Å². The van der Waals surface area contributed by atoms with E-state index in [-0.39, 0.29) is 6.04 Å². The number of rotatable bonds is 3. The van der Waals surface area contributed by atoms with Crippen LogP contribution < -0.4 is 0 Å². The maximum Gasteiger partial charge on any atom is 0.320 e. The van der Waals surface area contributed by atoms with E-state index < -0.39 is 5.97 Å². The Morgan fingerprint density at radius 2 is 1.84 bits per heavy atom. The predicted octanol–water partition coefficient (Wildman–Crippen LogP) is 3.53. The zero-order valence-electron chi connectivity index (χ0n) is 12.5. The van der Waals surface area contributed by atoms with Crippen LogP contribution in [-0.2, 0) is 4.79 Å². The van der Waals surface area contributed by atoms with Crippen LogP contribution in [0.3, 0.4) is 0 Å². The van der Waals surface area contributed by atoms with E-state index in [4.69, 9.17) is 0 Å². The van der Waals surface area contributed by atoms with E-state index in [1.54, 1.807) is 0 Å². The van der Waals surface area contributed by atoms with Crippen LogP contribution in [0.5, 0.6) is 0 Å². The van der Waals surface area contributed by atoms with Gasteiger partial charge in [-0.2, -0.15) is 0 Å². The van der Waals surface area contributed by atoms with Crippen LogP contribution >= 0.6 is 0 Å². The van der Waals surface area contributed by atoms with Crippen LogP contribution in [0.2, 0.25) is 0 Å². The first-order valence-corrected chi connectivity index (χ1v) is 8.08. The van der Waals surface area contributed by atoms with E-state index in [2.05, 4.69) is 18.7 Å². The highest BCUT2D eigenvalue weighted by Gasteiger charge is 2.34. The van der Waals surface area contributed by atoms with Gasteiger partial charge in [-0.15, -0.1) is 0 Å². The van der Waals surface area contributed by atoms with Gasteiger partial charge < -0.3 is 5.11 Å². The molecule has 19 heavy (non-hydrogen) atoms. The molecule has 0 aromatic rings. The van der Waals surface area contributed by atoms with E-state index in [0.29, 0.717) is 6.04 Å². The summed E-state index contributed by atoms with van der Waals surface area (Å²) in [6.07, 6.45) is 9.39. The third-order valence-corrected chi connectivity index (χ3v) is 5.22. The minimum Gasteiger partial charge on any atom is -0.480 e. The minimum absolute atomic E-state index is 0.214. The lowest BCUT2D eigenvalue weighted by atomic mass is 9.88. The van der Waals surface area contributed by atoms with Crippen molar-refractivity contribution < 1.29 is 9.90 Å². The minimum atomic E-state index is -0.607. The Kier molecular flexibility index (Phi) is 5.26. The highest BCUT2D eigenvalue weighted by Crippen LogP contribution is 2.33. The molecule has 110 valence electrons. The largest absolute Gasteiger partial charge is 0.480 e. The molecule has 0 radical (unpaired) electrons. The molecular weight excluding hydrogens is 238 g/mol. The van der Waals surface area contributed by atoms with Crippen molar-refractivity contribution in [2.75, 3.05) is 6.54 Å². The second-order valence-corrected chi connectivity index (χ2v) is 6.75. The van der Waals surface area contributed by atoms with E-state index in [1.807, 2.05) is 0 Å². The van der Waals surface area contributed by atoms with E-state index in [0.717, 1.165) is 31.2 Å². The second-order valence-electron chi connectivity index (χ2n) is 6.75. The molecule has 3 heteroatoms. The average Bonchev–Trinajstić information content (AvgIpc) is 2.64. The fraction of sp³-hybridized carbons (Fsp3) is 0.938. The van der Waals surface area contributed by atoms with Crippen LogP contribution in [0.1, 0.15) is 65.2 Å². The van der Waals surface area contributed by atoms with Crippen molar-refractivity contribution in [2.24, 2.45) is 11.8 Å². The molecule has 2 rings (SSSR count). The monoisotopic (exact) mass is 267 g/mol. The van der Waals surface area contributed by atoms with Crippen molar-refractivity contribution in [3.63, 3.8) is 0 Å². The Balaban J connectivity index is 1.98. The molecule has 0 aromatic heterocycles. The van der Waals surface area contributed by atoms with Crippen molar-refractivity contribution in [2.45, 2.75) is 77.3 Å². The van der Waals surface area contributed by atoms with Crippen molar-refractivity contribution in [3.05, 3.63) is 0 Å². The molecule has 3 nitrogen and oxygen atoms in total. The van der Waals surface area contributed by atoms with E-state index >= 15 is 0 Å². The zero-order valence-corrected chi connectivity index (χ0v) is 12.5. The lowest BCUT2D eigenvalue weighted by Crippen LogP contribution is -2.50. The summed E-state index contributed by atoms with van der Waals surface area (Å²) in [4.78, 5) is 13.7. The summed E-state index contributed by atoms with van der Waals surface area (Å²) in [5.41, 5.74) is 0. The molecule has 0 aromatic carbocycles. The quantitative estimate of drug-likeness (QED) is 0.795. The SMILES string of the molecule is CC(C)C1CCCC(N2CCCCC2C(=O)O)CC1. The topological polar surface area (TPSA) is 40.5 Å². The molecule has 1 saturated carbocycles. The fourth-order valence-corrected chi connectivity index (χ4v) is 3.97. The van der Waals surface area contributed by atoms with Gasteiger partial charge in [0.15, 0.2) is 0 Å². The molecule has 3 atom stereocenters. The summed E-state index contributed by atoms with van der Waals surface area (Å²) in [5.74, 6) is 1.01. The molecule has 1 aliphatic carbocycles. The summed E-state index contributed by atoms with van der Waals surface area (Å²) in [5, 5.41) is 9.41. The highest BCUT2D eigenvalue weighted by molar-refractivity contribution is 5.73. The Morgan fingerprint density at radius 3 is 2.53 bits per heavy atom. The Bertz CT molecular complexity index is 303. The number of carboxylic acid groups (broad SMARTS) is 1. The maximum atomic E-state index is 11.4. The van der Waals surface area contributed by atoms with Crippen molar-refractivity contribution >= 4 is 5.97 Å². The predicted molar refractivity (Wildman–Crippen MR) is 77.2 cm³/mol. The van der Waals surface area contributed by atoms with Crippen LogP contribution in [0, 0.1) is 11.8 Å². The van der Waals surface area contributed by atoms with Gasteiger partial charge in [-0.1, -0.05) is 33.1 Å². The van der Waals surface area contributed by atoms with Crippen molar-refractivity contribution in [1.82, 2.24) is 4.90 Å². The lowest BCUT2D eigenvalue weighted by molar-refractivity contribution is -0.146. The maximum absolute atomic E-state index is 11.4. The molecule has 2 aliphatic rings. The van der Waals surface area contributed by atoms with Crippen LogP contribution in [0.15, 0.2) is 0 Å². The average molecular weight is 267 g/mol. The van der Waals surface area contributed by atoms with Gasteiger partial charge in [-0.3, -0.25) is 9.69 Å².